The number of carbonyl (C=O) groups is 2. The molecule has 2 amide bonds. The molecule has 1 aliphatic heterocycles. The van der Waals surface area contributed by atoms with Crippen molar-refractivity contribution in [2.45, 2.75) is 45.2 Å². The largest absolute Gasteiger partial charge is 0.481 e. The van der Waals surface area contributed by atoms with Gasteiger partial charge in [-0.25, -0.2) is 14.3 Å². The Labute approximate surface area is 208 Å². The van der Waals surface area contributed by atoms with Gasteiger partial charge in [0.25, 0.3) is 5.91 Å². The first-order valence-corrected chi connectivity index (χ1v) is 11.5. The lowest BCUT2D eigenvalue weighted by Crippen LogP contribution is -2.47. The number of carboxylic acid groups (broad SMARTS) is 1. The summed E-state index contributed by atoms with van der Waals surface area (Å²) >= 11 is 0. The summed E-state index contributed by atoms with van der Waals surface area (Å²) in [6, 6.07) is 7.06. The normalized spacial score (nSPS) is 14.4. The molecule has 188 valence electrons. The van der Waals surface area contributed by atoms with E-state index in [2.05, 4.69) is 31.4 Å². The number of ether oxygens (including phenoxy) is 1. The lowest BCUT2D eigenvalue weighted by Gasteiger charge is -2.34. The van der Waals surface area contributed by atoms with Crippen LogP contribution >= 0.6 is 0 Å². The third kappa shape index (κ3) is 4.86. The summed E-state index contributed by atoms with van der Waals surface area (Å²) in [7, 11) is 1.46. The van der Waals surface area contributed by atoms with Crippen molar-refractivity contribution in [3.63, 3.8) is 0 Å². The maximum absolute atomic E-state index is 13.6. The highest BCUT2D eigenvalue weighted by Crippen LogP contribution is 2.30. The van der Waals surface area contributed by atoms with E-state index < -0.39 is 17.5 Å². The molecule has 1 saturated heterocycles. The van der Waals surface area contributed by atoms with E-state index >= 15 is 0 Å². The van der Waals surface area contributed by atoms with E-state index in [1.165, 1.54) is 11.6 Å². The van der Waals surface area contributed by atoms with Crippen molar-refractivity contribution in [1.29, 1.82) is 5.26 Å². The van der Waals surface area contributed by atoms with Crippen molar-refractivity contribution in [3.8, 4) is 11.9 Å². The number of carbonyl (C=O) groups excluding carboxylic acids is 1. The van der Waals surface area contributed by atoms with E-state index in [0.29, 0.717) is 31.5 Å². The molecule has 1 aliphatic rings. The molecule has 1 fully saturated rings. The van der Waals surface area contributed by atoms with Crippen LogP contribution in [0.1, 0.15) is 49.5 Å². The Bertz CT molecular complexity index is 1310. The van der Waals surface area contributed by atoms with Crippen LogP contribution in [0.5, 0.6) is 5.88 Å². The van der Waals surface area contributed by atoms with Gasteiger partial charge in [-0.3, -0.25) is 9.69 Å². The molecule has 12 heteroatoms. The van der Waals surface area contributed by atoms with Crippen molar-refractivity contribution >= 4 is 29.3 Å². The summed E-state index contributed by atoms with van der Waals surface area (Å²) in [6.07, 6.45) is 3.23. The molecule has 0 spiro atoms. The van der Waals surface area contributed by atoms with Gasteiger partial charge in [-0.05, 0) is 45.7 Å². The quantitative estimate of drug-likeness (QED) is 0.548. The number of amides is 2. The molecular weight excluding hydrogens is 464 g/mol. The van der Waals surface area contributed by atoms with Crippen LogP contribution in [0.25, 0.3) is 5.65 Å². The number of fused-ring (bicyclic) bond motifs is 1. The molecular formula is C24H28N8O4. The third-order valence-corrected chi connectivity index (χ3v) is 5.98. The molecule has 0 saturated carbocycles. The fraction of sp³-hybridized carbons (Fsp3) is 0.417. The number of nitriles is 1. The zero-order valence-corrected chi connectivity index (χ0v) is 20.6. The number of pyridine rings is 1. The molecule has 0 aromatic carbocycles. The number of anilines is 2. The van der Waals surface area contributed by atoms with Crippen LogP contribution in [0.3, 0.4) is 0 Å². The van der Waals surface area contributed by atoms with E-state index in [-0.39, 0.29) is 29.0 Å². The van der Waals surface area contributed by atoms with Crippen molar-refractivity contribution in [3.05, 3.63) is 41.7 Å². The van der Waals surface area contributed by atoms with Crippen molar-refractivity contribution in [2.75, 3.05) is 30.0 Å². The van der Waals surface area contributed by atoms with E-state index in [0.717, 1.165) is 10.7 Å². The van der Waals surface area contributed by atoms with Crippen LogP contribution in [-0.2, 0) is 0 Å². The Morgan fingerprint density at radius 2 is 1.97 bits per heavy atom. The minimum atomic E-state index is -1.23. The molecule has 0 bridgehead atoms. The molecule has 36 heavy (non-hydrogen) atoms. The number of nitrogens with one attached hydrogen (secondary N) is 1. The summed E-state index contributed by atoms with van der Waals surface area (Å²) in [5.41, 5.74) is -0.0810. The summed E-state index contributed by atoms with van der Waals surface area (Å²) in [5.74, 6) is 0.616. The van der Waals surface area contributed by atoms with E-state index in [1.54, 1.807) is 45.3 Å². The Morgan fingerprint density at radius 3 is 2.53 bits per heavy atom. The maximum atomic E-state index is 13.6. The first kappa shape index (κ1) is 24.7. The first-order chi connectivity index (χ1) is 17.1. The van der Waals surface area contributed by atoms with Gasteiger partial charge < -0.3 is 20.1 Å². The number of aromatic nitrogens is 4. The standard InChI is InChI=1S/C24H28N8O4/c1-24(2,3)32(23(34)35)21-19(20-28-18(36-4)9-12-31(20)29-21)22(33)27-16-7-10-30(11-8-16)17-6-5-15(13-25)14-26-17/h5-6,9,12,14,16H,7-8,10-11H2,1-4H3,(H,27,33)(H,34,35). The van der Waals surface area contributed by atoms with Crippen LogP contribution in [0.4, 0.5) is 16.4 Å². The van der Waals surface area contributed by atoms with Crippen LogP contribution in [-0.4, -0.2) is 68.5 Å². The zero-order valence-electron chi connectivity index (χ0n) is 20.6. The summed E-state index contributed by atoms with van der Waals surface area (Å²) < 4.78 is 6.60. The minimum absolute atomic E-state index is 0.00692. The number of hydrogen-bond acceptors (Lipinski definition) is 8. The molecule has 0 aliphatic carbocycles. The molecule has 2 N–H and O–H groups in total. The van der Waals surface area contributed by atoms with Gasteiger partial charge in [-0.2, -0.15) is 10.2 Å². The molecule has 3 aromatic heterocycles. The number of piperidine rings is 1. The Morgan fingerprint density at radius 1 is 1.25 bits per heavy atom. The fourth-order valence-electron chi connectivity index (χ4n) is 4.22. The average Bonchev–Trinajstić information content (AvgIpc) is 3.21. The maximum Gasteiger partial charge on any atom is 0.413 e. The lowest BCUT2D eigenvalue weighted by molar-refractivity contribution is 0.0933. The molecule has 12 nitrogen and oxygen atoms in total. The van der Waals surface area contributed by atoms with Gasteiger partial charge in [0.1, 0.15) is 17.5 Å². The van der Waals surface area contributed by atoms with Gasteiger partial charge >= 0.3 is 6.09 Å². The highest BCUT2D eigenvalue weighted by Gasteiger charge is 2.36. The second kappa shape index (κ2) is 9.69. The summed E-state index contributed by atoms with van der Waals surface area (Å²) in [4.78, 5) is 37.6. The Hall–Kier alpha value is -4.40. The second-order valence-corrected chi connectivity index (χ2v) is 9.48. The summed E-state index contributed by atoms with van der Waals surface area (Å²) in [6.45, 7) is 6.52. The van der Waals surface area contributed by atoms with E-state index in [1.807, 2.05) is 6.07 Å². The van der Waals surface area contributed by atoms with Crippen molar-refractivity contribution in [2.24, 2.45) is 0 Å². The van der Waals surface area contributed by atoms with Crippen molar-refractivity contribution < 1.29 is 19.4 Å². The monoisotopic (exact) mass is 492 g/mol. The van der Waals surface area contributed by atoms with Gasteiger partial charge in [-0.15, -0.1) is 5.10 Å². The first-order valence-electron chi connectivity index (χ1n) is 11.5. The Balaban J connectivity index is 1.59. The molecule has 3 aromatic rings. The van der Waals surface area contributed by atoms with Gasteiger partial charge in [0, 0.05) is 43.1 Å². The van der Waals surface area contributed by atoms with E-state index in [9.17, 15) is 14.7 Å². The van der Waals surface area contributed by atoms with Crippen LogP contribution < -0.4 is 19.9 Å². The highest BCUT2D eigenvalue weighted by atomic mass is 16.5. The predicted octanol–water partition coefficient (Wildman–Crippen LogP) is 2.69. The second-order valence-electron chi connectivity index (χ2n) is 9.48. The number of nitrogens with zero attached hydrogens (tertiary/aromatic N) is 7. The summed E-state index contributed by atoms with van der Waals surface area (Å²) in [5, 5.41) is 26.4. The average molecular weight is 493 g/mol. The van der Waals surface area contributed by atoms with Gasteiger partial charge in [0.15, 0.2) is 11.5 Å². The zero-order chi connectivity index (χ0) is 26.0. The van der Waals surface area contributed by atoms with Gasteiger partial charge in [0.2, 0.25) is 5.88 Å². The molecule has 0 unspecified atom stereocenters. The van der Waals surface area contributed by atoms with Crippen molar-refractivity contribution in [1.82, 2.24) is 24.9 Å². The lowest BCUT2D eigenvalue weighted by atomic mass is 10.0. The molecule has 4 rings (SSSR count). The number of rotatable bonds is 5. The number of hydrogen-bond donors (Lipinski definition) is 2. The molecule has 0 atom stereocenters. The third-order valence-electron chi connectivity index (χ3n) is 5.98. The Kier molecular flexibility index (Phi) is 6.65. The predicted molar refractivity (Wildman–Crippen MR) is 131 cm³/mol. The molecule has 4 heterocycles. The van der Waals surface area contributed by atoms with E-state index in [4.69, 9.17) is 10.00 Å². The SMILES string of the molecule is COc1ccn2nc(N(C(=O)O)C(C)(C)C)c(C(=O)NC3CCN(c4ccc(C#N)cn4)CC3)c2n1. The highest BCUT2D eigenvalue weighted by molar-refractivity contribution is 6.07. The minimum Gasteiger partial charge on any atom is -0.481 e. The van der Waals surface area contributed by atoms with Crippen LogP contribution in [0, 0.1) is 11.3 Å². The van der Waals surface area contributed by atoms with Crippen LogP contribution in [0.2, 0.25) is 0 Å². The fourth-order valence-corrected chi connectivity index (χ4v) is 4.22. The van der Waals surface area contributed by atoms with Gasteiger partial charge in [0.05, 0.1) is 12.7 Å². The number of methoxy groups -OCH3 is 1. The topological polar surface area (TPSA) is 149 Å². The van der Waals surface area contributed by atoms with Gasteiger partial charge in [-0.1, -0.05) is 0 Å². The van der Waals surface area contributed by atoms with Crippen LogP contribution in [0.15, 0.2) is 30.6 Å². The smallest absolute Gasteiger partial charge is 0.413 e. The molecule has 0 radical (unpaired) electrons.